The van der Waals surface area contributed by atoms with Gasteiger partial charge in [-0.1, -0.05) is 81.7 Å². The molecule has 3 nitrogen and oxygen atoms in total. The Morgan fingerprint density at radius 3 is 2.50 bits per heavy atom. The number of amides is 1. The molecule has 168 valence electrons. The highest BCUT2D eigenvalue weighted by atomic mass is 16.2. The van der Waals surface area contributed by atoms with Crippen molar-refractivity contribution in [2.24, 2.45) is 5.92 Å². The van der Waals surface area contributed by atoms with Gasteiger partial charge in [0.1, 0.15) is 0 Å². The zero-order valence-corrected chi connectivity index (χ0v) is 19.7. The van der Waals surface area contributed by atoms with Gasteiger partial charge in [-0.05, 0) is 53.9 Å². The average Bonchev–Trinajstić information content (AvgIpc) is 3.33. The Morgan fingerprint density at radius 1 is 1.03 bits per heavy atom. The quantitative estimate of drug-likeness (QED) is 0.530. The zero-order valence-electron chi connectivity index (χ0n) is 19.7. The van der Waals surface area contributed by atoms with Crippen molar-refractivity contribution in [3.8, 4) is 0 Å². The maximum Gasteiger partial charge on any atom is 0.255 e. The van der Waals surface area contributed by atoms with Crippen LogP contribution < -0.4 is 5.32 Å². The summed E-state index contributed by atoms with van der Waals surface area (Å²) in [5.74, 6) is 1.56. The van der Waals surface area contributed by atoms with E-state index in [0.717, 1.165) is 30.5 Å². The lowest BCUT2D eigenvalue weighted by Crippen LogP contribution is -2.39. The summed E-state index contributed by atoms with van der Waals surface area (Å²) < 4.78 is 0. The van der Waals surface area contributed by atoms with Crippen molar-refractivity contribution in [3.63, 3.8) is 0 Å². The molecule has 1 fully saturated rings. The van der Waals surface area contributed by atoms with Gasteiger partial charge in [0.2, 0.25) is 0 Å². The Hall–Kier alpha value is -2.55. The third-order valence-electron chi connectivity index (χ3n) is 8.03. The molecule has 2 aromatic rings. The molecule has 32 heavy (non-hydrogen) atoms. The van der Waals surface area contributed by atoms with Crippen molar-refractivity contribution >= 4 is 11.6 Å². The van der Waals surface area contributed by atoms with Crippen LogP contribution in [0, 0.1) is 5.92 Å². The van der Waals surface area contributed by atoms with E-state index in [0.29, 0.717) is 23.8 Å². The highest BCUT2D eigenvalue weighted by Crippen LogP contribution is 2.50. The molecule has 0 saturated heterocycles. The number of benzene rings is 2. The van der Waals surface area contributed by atoms with Crippen LogP contribution in [0.2, 0.25) is 0 Å². The van der Waals surface area contributed by atoms with E-state index in [9.17, 15) is 4.79 Å². The summed E-state index contributed by atoms with van der Waals surface area (Å²) >= 11 is 0. The number of carbonyl (C=O) groups excluding carboxylic acids is 1. The molecule has 5 rings (SSSR count). The molecule has 2 aromatic carbocycles. The number of nitrogens with one attached hydrogen (secondary N) is 1. The number of carbonyl (C=O) groups is 1. The minimum absolute atomic E-state index is 0.163. The van der Waals surface area contributed by atoms with E-state index in [4.69, 9.17) is 0 Å². The highest BCUT2D eigenvalue weighted by Gasteiger charge is 2.39. The molecular weight excluding hydrogens is 392 g/mol. The van der Waals surface area contributed by atoms with Gasteiger partial charge in [0.05, 0.1) is 17.3 Å². The van der Waals surface area contributed by atoms with Crippen LogP contribution in [-0.2, 0) is 0 Å². The SMILES string of the molecule is CC(C)c1ccc(C2Nc3c(C(=O)N(C)C4CCCCC4)cccc3C3C=CCC32)cc1. The first-order valence-electron chi connectivity index (χ1n) is 12.5. The summed E-state index contributed by atoms with van der Waals surface area (Å²) in [6.07, 6.45) is 11.8. The third kappa shape index (κ3) is 3.76. The maximum absolute atomic E-state index is 13.6. The molecule has 1 heterocycles. The van der Waals surface area contributed by atoms with E-state index in [2.05, 4.69) is 67.7 Å². The van der Waals surface area contributed by atoms with Gasteiger partial charge in [0.15, 0.2) is 0 Å². The molecule has 1 N–H and O–H groups in total. The van der Waals surface area contributed by atoms with Crippen LogP contribution >= 0.6 is 0 Å². The summed E-state index contributed by atoms with van der Waals surface area (Å²) in [6.45, 7) is 4.48. The van der Waals surface area contributed by atoms with Gasteiger partial charge in [-0.25, -0.2) is 0 Å². The van der Waals surface area contributed by atoms with Crippen molar-refractivity contribution < 1.29 is 4.79 Å². The van der Waals surface area contributed by atoms with Crippen LogP contribution in [0.3, 0.4) is 0 Å². The van der Waals surface area contributed by atoms with Crippen LogP contribution in [-0.4, -0.2) is 23.9 Å². The number of hydrogen-bond acceptors (Lipinski definition) is 2. The summed E-state index contributed by atoms with van der Waals surface area (Å²) in [4.78, 5) is 15.7. The normalized spacial score (nSPS) is 24.7. The number of hydrogen-bond donors (Lipinski definition) is 1. The molecule has 1 aliphatic heterocycles. The molecule has 0 radical (unpaired) electrons. The second kappa shape index (κ2) is 8.77. The van der Waals surface area contributed by atoms with Crippen molar-refractivity contribution in [1.29, 1.82) is 0 Å². The number of rotatable bonds is 4. The van der Waals surface area contributed by atoms with E-state index in [1.807, 2.05) is 18.0 Å². The smallest absolute Gasteiger partial charge is 0.255 e. The van der Waals surface area contributed by atoms with E-state index in [-0.39, 0.29) is 11.9 Å². The fourth-order valence-corrected chi connectivity index (χ4v) is 6.04. The van der Waals surface area contributed by atoms with Crippen LogP contribution in [0.25, 0.3) is 0 Å². The van der Waals surface area contributed by atoms with E-state index >= 15 is 0 Å². The largest absolute Gasteiger partial charge is 0.377 e. The van der Waals surface area contributed by atoms with Gasteiger partial charge in [-0.3, -0.25) is 4.79 Å². The minimum Gasteiger partial charge on any atom is -0.377 e. The summed E-state index contributed by atoms with van der Waals surface area (Å²) in [6, 6.07) is 16.0. The highest BCUT2D eigenvalue weighted by molar-refractivity contribution is 6.01. The minimum atomic E-state index is 0.163. The fraction of sp³-hybridized carbons (Fsp3) is 0.483. The van der Waals surface area contributed by atoms with E-state index < -0.39 is 0 Å². The van der Waals surface area contributed by atoms with Crippen molar-refractivity contribution in [2.75, 3.05) is 12.4 Å². The molecule has 0 aromatic heterocycles. The van der Waals surface area contributed by atoms with E-state index in [1.165, 1.54) is 36.0 Å². The molecule has 0 bridgehead atoms. The predicted octanol–water partition coefficient (Wildman–Crippen LogP) is 7.04. The monoisotopic (exact) mass is 428 g/mol. The first kappa shape index (κ1) is 21.3. The van der Waals surface area contributed by atoms with Crippen LogP contribution in [0.5, 0.6) is 0 Å². The van der Waals surface area contributed by atoms with Gasteiger partial charge in [-0.2, -0.15) is 0 Å². The third-order valence-corrected chi connectivity index (χ3v) is 8.03. The van der Waals surface area contributed by atoms with Gasteiger partial charge < -0.3 is 10.2 Å². The zero-order chi connectivity index (χ0) is 22.2. The number of fused-ring (bicyclic) bond motifs is 3. The second-order valence-corrected chi connectivity index (χ2v) is 10.3. The number of anilines is 1. The number of allylic oxidation sites excluding steroid dienone is 2. The molecule has 1 amide bonds. The fourth-order valence-electron chi connectivity index (χ4n) is 6.04. The standard InChI is InChI=1S/C29H36N2O/c1-19(2)20-15-17-21(18-16-20)27-24-12-7-11-23(24)25-13-8-14-26(28(25)30-27)29(32)31(3)22-9-5-4-6-10-22/h7-8,11,13-19,22-24,27,30H,4-6,9-10,12H2,1-3H3. The molecule has 2 aliphatic carbocycles. The molecule has 3 aliphatic rings. The lowest BCUT2D eigenvalue weighted by atomic mass is 9.76. The topological polar surface area (TPSA) is 32.3 Å². The first-order chi connectivity index (χ1) is 15.5. The predicted molar refractivity (Wildman–Crippen MR) is 132 cm³/mol. The Labute approximate surface area is 192 Å². The summed E-state index contributed by atoms with van der Waals surface area (Å²) in [7, 11) is 2.00. The van der Waals surface area contributed by atoms with E-state index in [1.54, 1.807) is 0 Å². The van der Waals surface area contributed by atoms with Crippen LogP contribution in [0.4, 0.5) is 5.69 Å². The van der Waals surface area contributed by atoms with Gasteiger partial charge in [0.25, 0.3) is 5.91 Å². The first-order valence-corrected chi connectivity index (χ1v) is 12.5. The Balaban J connectivity index is 1.49. The summed E-state index contributed by atoms with van der Waals surface area (Å²) in [5.41, 5.74) is 5.85. The second-order valence-electron chi connectivity index (χ2n) is 10.3. The van der Waals surface area contributed by atoms with Crippen LogP contribution in [0.1, 0.15) is 97.3 Å². The number of nitrogens with zero attached hydrogens (tertiary/aromatic N) is 1. The molecule has 3 heteroatoms. The molecule has 0 spiro atoms. The Kier molecular flexibility index (Phi) is 5.84. The summed E-state index contributed by atoms with van der Waals surface area (Å²) in [5, 5.41) is 3.85. The number of para-hydroxylation sites is 1. The van der Waals surface area contributed by atoms with Crippen molar-refractivity contribution in [1.82, 2.24) is 4.90 Å². The van der Waals surface area contributed by atoms with Crippen molar-refractivity contribution in [2.45, 2.75) is 76.3 Å². The molecule has 3 unspecified atom stereocenters. The molecular formula is C29H36N2O. The van der Waals surface area contributed by atoms with Gasteiger partial charge in [-0.15, -0.1) is 0 Å². The van der Waals surface area contributed by atoms with Crippen molar-refractivity contribution in [3.05, 3.63) is 76.9 Å². The average molecular weight is 429 g/mol. The van der Waals surface area contributed by atoms with Gasteiger partial charge >= 0.3 is 0 Å². The Morgan fingerprint density at radius 2 is 1.78 bits per heavy atom. The van der Waals surface area contributed by atoms with Gasteiger partial charge in [0, 0.05) is 19.0 Å². The molecule has 1 saturated carbocycles. The Bertz CT molecular complexity index is 1000. The maximum atomic E-state index is 13.6. The lowest BCUT2D eigenvalue weighted by molar-refractivity contribution is 0.0697. The lowest BCUT2D eigenvalue weighted by Gasteiger charge is -2.39. The molecule has 3 atom stereocenters. The van der Waals surface area contributed by atoms with Crippen LogP contribution in [0.15, 0.2) is 54.6 Å².